The van der Waals surface area contributed by atoms with Gasteiger partial charge in [0, 0.05) is 23.9 Å². The van der Waals surface area contributed by atoms with Gasteiger partial charge in [-0.25, -0.2) is 4.39 Å². The first kappa shape index (κ1) is 14.5. The minimum atomic E-state index is -0.175. The van der Waals surface area contributed by atoms with Gasteiger partial charge >= 0.3 is 0 Å². The van der Waals surface area contributed by atoms with E-state index in [2.05, 4.69) is 11.2 Å². The van der Waals surface area contributed by atoms with Gasteiger partial charge in [-0.05, 0) is 26.3 Å². The number of hydrogen-bond acceptors (Lipinski definition) is 3. The smallest absolute Gasteiger partial charge is 0.128 e. The SMILES string of the molecule is CSCCN(C)C(c1ccccc1F)C(C)N. The predicted octanol–water partition coefficient (Wildman–Crippen LogP) is 2.51. The van der Waals surface area contributed by atoms with Crippen LogP contribution in [0.2, 0.25) is 0 Å². The molecule has 0 bridgehead atoms. The summed E-state index contributed by atoms with van der Waals surface area (Å²) in [5.41, 5.74) is 6.68. The Balaban J connectivity index is 2.89. The van der Waals surface area contributed by atoms with Crippen LogP contribution in [0.4, 0.5) is 4.39 Å². The number of thioether (sulfide) groups is 1. The molecule has 0 saturated heterocycles. The summed E-state index contributed by atoms with van der Waals surface area (Å²) in [5, 5.41) is 0. The molecule has 17 heavy (non-hydrogen) atoms. The molecule has 0 heterocycles. The number of likely N-dealkylation sites (N-methyl/N-ethyl adjacent to an activating group) is 1. The van der Waals surface area contributed by atoms with Gasteiger partial charge in [0.15, 0.2) is 0 Å². The van der Waals surface area contributed by atoms with Crippen LogP contribution in [0.3, 0.4) is 0 Å². The van der Waals surface area contributed by atoms with Gasteiger partial charge < -0.3 is 5.73 Å². The lowest BCUT2D eigenvalue weighted by Crippen LogP contribution is -2.38. The fourth-order valence-electron chi connectivity index (χ4n) is 2.01. The van der Waals surface area contributed by atoms with Crippen LogP contribution >= 0.6 is 11.8 Å². The fraction of sp³-hybridized carbons (Fsp3) is 0.538. The lowest BCUT2D eigenvalue weighted by Gasteiger charge is -2.31. The zero-order valence-electron chi connectivity index (χ0n) is 10.7. The van der Waals surface area contributed by atoms with Crippen LogP contribution in [0.25, 0.3) is 0 Å². The highest BCUT2D eigenvalue weighted by Gasteiger charge is 2.23. The minimum Gasteiger partial charge on any atom is -0.326 e. The average Bonchev–Trinajstić information content (AvgIpc) is 2.29. The Kier molecular flexibility index (Phi) is 5.95. The molecule has 0 amide bonds. The highest BCUT2D eigenvalue weighted by Crippen LogP contribution is 2.24. The number of halogens is 1. The summed E-state index contributed by atoms with van der Waals surface area (Å²) >= 11 is 1.78. The summed E-state index contributed by atoms with van der Waals surface area (Å²) in [6.07, 6.45) is 2.07. The molecule has 0 fully saturated rings. The molecule has 2 N–H and O–H groups in total. The number of rotatable bonds is 6. The van der Waals surface area contributed by atoms with E-state index >= 15 is 0 Å². The van der Waals surface area contributed by atoms with Gasteiger partial charge in [0.2, 0.25) is 0 Å². The third kappa shape index (κ3) is 3.98. The molecule has 0 aliphatic carbocycles. The Morgan fingerprint density at radius 1 is 1.41 bits per heavy atom. The highest BCUT2D eigenvalue weighted by atomic mass is 32.2. The molecule has 2 unspecified atom stereocenters. The molecule has 0 spiro atoms. The van der Waals surface area contributed by atoms with Gasteiger partial charge in [-0.15, -0.1) is 0 Å². The van der Waals surface area contributed by atoms with Crippen molar-refractivity contribution in [1.82, 2.24) is 4.90 Å². The van der Waals surface area contributed by atoms with Crippen LogP contribution in [0, 0.1) is 5.82 Å². The van der Waals surface area contributed by atoms with E-state index in [-0.39, 0.29) is 17.9 Å². The van der Waals surface area contributed by atoms with Crippen molar-refractivity contribution in [2.75, 3.05) is 25.6 Å². The largest absolute Gasteiger partial charge is 0.326 e. The normalized spacial score (nSPS) is 14.9. The van der Waals surface area contributed by atoms with Crippen molar-refractivity contribution >= 4 is 11.8 Å². The molecule has 0 aliphatic rings. The van der Waals surface area contributed by atoms with Crippen molar-refractivity contribution < 1.29 is 4.39 Å². The fourth-order valence-corrected chi connectivity index (χ4v) is 2.48. The highest BCUT2D eigenvalue weighted by molar-refractivity contribution is 7.98. The summed E-state index contributed by atoms with van der Waals surface area (Å²) < 4.78 is 13.8. The zero-order valence-corrected chi connectivity index (χ0v) is 11.5. The summed E-state index contributed by atoms with van der Waals surface area (Å²) in [6, 6.07) is 6.71. The van der Waals surface area contributed by atoms with Gasteiger partial charge in [0.05, 0.1) is 6.04 Å². The van der Waals surface area contributed by atoms with Crippen LogP contribution in [0.1, 0.15) is 18.5 Å². The molecular weight excluding hydrogens is 235 g/mol. The predicted molar refractivity (Wildman–Crippen MR) is 73.8 cm³/mol. The second kappa shape index (κ2) is 6.99. The molecule has 2 nitrogen and oxygen atoms in total. The quantitative estimate of drug-likeness (QED) is 0.848. The molecule has 0 aliphatic heterocycles. The number of benzene rings is 1. The van der Waals surface area contributed by atoms with Crippen molar-refractivity contribution in [3.63, 3.8) is 0 Å². The van der Waals surface area contributed by atoms with E-state index in [4.69, 9.17) is 5.73 Å². The van der Waals surface area contributed by atoms with Crippen molar-refractivity contribution in [3.8, 4) is 0 Å². The summed E-state index contributed by atoms with van der Waals surface area (Å²) in [4.78, 5) is 2.12. The standard InChI is InChI=1S/C13H21FN2S/c1-10(15)13(16(2)8-9-17-3)11-6-4-5-7-12(11)14/h4-7,10,13H,8-9,15H2,1-3H3. The molecule has 1 rings (SSSR count). The molecule has 0 radical (unpaired) electrons. The first-order chi connectivity index (χ1) is 8.07. The number of hydrogen-bond donors (Lipinski definition) is 1. The van der Waals surface area contributed by atoms with Crippen LogP contribution in [-0.4, -0.2) is 36.5 Å². The van der Waals surface area contributed by atoms with Gasteiger partial charge in [0.1, 0.15) is 5.82 Å². The third-order valence-corrected chi connectivity index (χ3v) is 3.44. The van der Waals surface area contributed by atoms with Crippen molar-refractivity contribution in [2.24, 2.45) is 5.73 Å². The Labute approximate surface area is 107 Å². The first-order valence-electron chi connectivity index (χ1n) is 5.77. The van der Waals surface area contributed by atoms with Crippen LogP contribution in [0.5, 0.6) is 0 Å². The monoisotopic (exact) mass is 256 g/mol. The first-order valence-corrected chi connectivity index (χ1v) is 7.16. The maximum atomic E-state index is 13.8. The molecule has 96 valence electrons. The molecule has 2 atom stereocenters. The topological polar surface area (TPSA) is 29.3 Å². The molecule has 0 saturated carbocycles. The molecule has 4 heteroatoms. The van der Waals surface area contributed by atoms with E-state index in [0.29, 0.717) is 5.56 Å². The van der Waals surface area contributed by atoms with Crippen LogP contribution in [-0.2, 0) is 0 Å². The maximum absolute atomic E-state index is 13.8. The lowest BCUT2D eigenvalue weighted by atomic mass is 9.99. The average molecular weight is 256 g/mol. The van der Waals surface area contributed by atoms with Crippen molar-refractivity contribution in [1.29, 1.82) is 0 Å². The Morgan fingerprint density at radius 3 is 2.59 bits per heavy atom. The lowest BCUT2D eigenvalue weighted by molar-refractivity contribution is 0.226. The zero-order chi connectivity index (χ0) is 12.8. The van der Waals surface area contributed by atoms with Crippen LogP contribution < -0.4 is 5.73 Å². The Bertz CT molecular complexity index is 344. The third-order valence-electron chi connectivity index (χ3n) is 2.84. The van der Waals surface area contributed by atoms with E-state index in [0.717, 1.165) is 12.3 Å². The minimum absolute atomic E-state index is 0.0663. The van der Waals surface area contributed by atoms with E-state index in [9.17, 15) is 4.39 Å². The molecule has 1 aromatic carbocycles. The van der Waals surface area contributed by atoms with Gasteiger partial charge in [0.25, 0.3) is 0 Å². The molecule has 1 aromatic rings. The Morgan fingerprint density at radius 2 is 2.06 bits per heavy atom. The van der Waals surface area contributed by atoms with Crippen LogP contribution in [0.15, 0.2) is 24.3 Å². The Hall–Kier alpha value is -0.580. The van der Waals surface area contributed by atoms with Crippen molar-refractivity contribution in [3.05, 3.63) is 35.6 Å². The van der Waals surface area contributed by atoms with Gasteiger partial charge in [-0.3, -0.25) is 4.90 Å². The van der Waals surface area contributed by atoms with E-state index < -0.39 is 0 Å². The van der Waals surface area contributed by atoms with Gasteiger partial charge in [-0.2, -0.15) is 11.8 Å². The van der Waals surface area contributed by atoms with Crippen molar-refractivity contribution in [2.45, 2.75) is 19.0 Å². The molecular formula is C13H21FN2S. The number of nitrogens with two attached hydrogens (primary N) is 1. The van der Waals surface area contributed by atoms with E-state index in [1.165, 1.54) is 6.07 Å². The second-order valence-corrected chi connectivity index (χ2v) is 5.28. The summed E-state index contributed by atoms with van der Waals surface area (Å²) in [5.74, 6) is 0.847. The van der Waals surface area contributed by atoms with Gasteiger partial charge in [-0.1, -0.05) is 18.2 Å². The maximum Gasteiger partial charge on any atom is 0.128 e. The number of nitrogens with zero attached hydrogens (tertiary/aromatic N) is 1. The van der Waals surface area contributed by atoms with E-state index in [1.54, 1.807) is 17.8 Å². The van der Waals surface area contributed by atoms with E-state index in [1.807, 2.05) is 26.1 Å². The molecule has 0 aromatic heterocycles. The summed E-state index contributed by atoms with van der Waals surface area (Å²) in [7, 11) is 2.00. The summed E-state index contributed by atoms with van der Waals surface area (Å²) in [6.45, 7) is 2.83. The second-order valence-electron chi connectivity index (χ2n) is 4.30.